The van der Waals surface area contributed by atoms with Crippen LogP contribution in [0.5, 0.6) is 0 Å². The summed E-state index contributed by atoms with van der Waals surface area (Å²) >= 11 is 0. The fraction of sp³-hybridized carbons (Fsp3) is 0.636. The van der Waals surface area contributed by atoms with E-state index in [1.165, 1.54) is 6.20 Å². The molecule has 1 aromatic rings. The molecule has 0 aliphatic heterocycles. The molecule has 108 valence electrons. The lowest BCUT2D eigenvalue weighted by Gasteiger charge is -2.08. The van der Waals surface area contributed by atoms with Gasteiger partial charge in [-0.1, -0.05) is 20.8 Å². The molecule has 3 N–H and O–H groups in total. The number of aromatic amines is 1. The molecule has 0 spiro atoms. The Morgan fingerprint density at radius 1 is 1.47 bits per heavy atom. The smallest absolute Gasteiger partial charge is 0.258 e. The SMILES string of the molecule is CCc1ncc(S(=O)(=O)NCC(=O)NCC(C)C)[nH]1. The number of aryl methyl sites for hydroxylation is 1. The first-order valence-corrected chi connectivity index (χ1v) is 7.63. The number of carbonyl (C=O) groups is 1. The Morgan fingerprint density at radius 2 is 2.16 bits per heavy atom. The van der Waals surface area contributed by atoms with Gasteiger partial charge in [-0.2, -0.15) is 0 Å². The summed E-state index contributed by atoms with van der Waals surface area (Å²) in [4.78, 5) is 18.0. The number of imidazole rings is 1. The summed E-state index contributed by atoms with van der Waals surface area (Å²) in [5.74, 6) is 0.553. The molecule has 8 heteroatoms. The third kappa shape index (κ3) is 4.99. The van der Waals surface area contributed by atoms with Gasteiger partial charge in [0.1, 0.15) is 5.82 Å². The van der Waals surface area contributed by atoms with Gasteiger partial charge >= 0.3 is 0 Å². The maximum absolute atomic E-state index is 11.8. The van der Waals surface area contributed by atoms with E-state index in [2.05, 4.69) is 20.0 Å². The van der Waals surface area contributed by atoms with Gasteiger partial charge < -0.3 is 10.3 Å². The first-order chi connectivity index (χ1) is 8.85. The predicted molar refractivity (Wildman–Crippen MR) is 71.0 cm³/mol. The number of carbonyl (C=O) groups excluding carboxylic acids is 1. The predicted octanol–water partition coefficient (Wildman–Crippen LogP) is 0.0226. The lowest BCUT2D eigenvalue weighted by molar-refractivity contribution is -0.120. The maximum Gasteiger partial charge on any atom is 0.258 e. The maximum atomic E-state index is 11.8. The largest absolute Gasteiger partial charge is 0.355 e. The van der Waals surface area contributed by atoms with Crippen molar-refractivity contribution >= 4 is 15.9 Å². The second-order valence-corrected chi connectivity index (χ2v) is 6.31. The Balaban J connectivity index is 2.53. The molecule has 1 aromatic heterocycles. The monoisotopic (exact) mass is 288 g/mol. The average Bonchev–Trinajstić information content (AvgIpc) is 2.83. The first-order valence-electron chi connectivity index (χ1n) is 6.15. The summed E-state index contributed by atoms with van der Waals surface area (Å²) in [5, 5.41) is 2.60. The number of nitrogens with zero attached hydrogens (tertiary/aromatic N) is 1. The third-order valence-corrected chi connectivity index (χ3v) is 3.67. The van der Waals surface area contributed by atoms with E-state index in [9.17, 15) is 13.2 Å². The quantitative estimate of drug-likeness (QED) is 0.658. The van der Waals surface area contributed by atoms with Crippen LogP contribution >= 0.6 is 0 Å². The zero-order chi connectivity index (χ0) is 14.5. The summed E-state index contributed by atoms with van der Waals surface area (Å²) in [7, 11) is -3.71. The van der Waals surface area contributed by atoms with E-state index in [0.29, 0.717) is 24.7 Å². The van der Waals surface area contributed by atoms with Gasteiger partial charge in [-0.25, -0.2) is 18.1 Å². The van der Waals surface area contributed by atoms with E-state index in [1.54, 1.807) is 0 Å². The summed E-state index contributed by atoms with van der Waals surface area (Å²) < 4.78 is 25.9. The third-order valence-electron chi connectivity index (χ3n) is 2.36. The topological polar surface area (TPSA) is 104 Å². The molecule has 7 nitrogen and oxygen atoms in total. The fourth-order valence-corrected chi connectivity index (χ4v) is 2.20. The number of hydrogen-bond acceptors (Lipinski definition) is 4. The summed E-state index contributed by atoms with van der Waals surface area (Å²) in [6, 6.07) is 0. The van der Waals surface area contributed by atoms with E-state index in [1.807, 2.05) is 20.8 Å². The highest BCUT2D eigenvalue weighted by Crippen LogP contribution is 2.05. The van der Waals surface area contributed by atoms with Gasteiger partial charge in [-0.3, -0.25) is 4.79 Å². The van der Waals surface area contributed by atoms with Crippen LogP contribution in [0.3, 0.4) is 0 Å². The molecule has 1 amide bonds. The molecular weight excluding hydrogens is 268 g/mol. The van der Waals surface area contributed by atoms with E-state index in [0.717, 1.165) is 0 Å². The van der Waals surface area contributed by atoms with Crippen molar-refractivity contribution < 1.29 is 13.2 Å². The van der Waals surface area contributed by atoms with Crippen molar-refractivity contribution in [1.82, 2.24) is 20.0 Å². The molecule has 0 radical (unpaired) electrons. The van der Waals surface area contributed by atoms with Crippen LogP contribution in [0.25, 0.3) is 0 Å². The van der Waals surface area contributed by atoms with Crippen LogP contribution in [0.2, 0.25) is 0 Å². The first kappa shape index (κ1) is 15.6. The Hall–Kier alpha value is -1.41. The standard InChI is InChI=1S/C11H20N4O3S/c1-4-9-12-7-11(15-9)19(17,18)14-6-10(16)13-5-8(2)3/h7-8,14H,4-6H2,1-3H3,(H,12,15)(H,13,16). The van der Waals surface area contributed by atoms with Crippen LogP contribution in [-0.2, 0) is 21.2 Å². The Bertz CT molecular complexity index is 522. The lowest BCUT2D eigenvalue weighted by atomic mass is 10.2. The Kier molecular flexibility index (Phi) is 5.49. The minimum absolute atomic E-state index is 0.0268. The van der Waals surface area contributed by atoms with Gasteiger partial charge in [0.25, 0.3) is 10.0 Å². The van der Waals surface area contributed by atoms with Crippen molar-refractivity contribution in [2.24, 2.45) is 5.92 Å². The average molecular weight is 288 g/mol. The number of amides is 1. The molecule has 19 heavy (non-hydrogen) atoms. The number of nitrogens with one attached hydrogen (secondary N) is 3. The van der Waals surface area contributed by atoms with Crippen LogP contribution in [0.4, 0.5) is 0 Å². The lowest BCUT2D eigenvalue weighted by Crippen LogP contribution is -2.38. The van der Waals surface area contributed by atoms with Crippen molar-refractivity contribution in [3.63, 3.8) is 0 Å². The van der Waals surface area contributed by atoms with Crippen molar-refractivity contribution in [3.05, 3.63) is 12.0 Å². The molecular formula is C11H20N4O3S. The van der Waals surface area contributed by atoms with Gasteiger partial charge in [0.2, 0.25) is 5.91 Å². The molecule has 0 saturated heterocycles. The molecule has 0 aromatic carbocycles. The van der Waals surface area contributed by atoms with Crippen molar-refractivity contribution in [2.45, 2.75) is 32.2 Å². The molecule has 0 aliphatic carbocycles. The van der Waals surface area contributed by atoms with Gasteiger partial charge in [-0.05, 0) is 5.92 Å². The summed E-state index contributed by atoms with van der Waals surface area (Å²) in [5.41, 5.74) is 0. The van der Waals surface area contributed by atoms with Gasteiger partial charge in [-0.15, -0.1) is 0 Å². The highest BCUT2D eigenvalue weighted by atomic mass is 32.2. The number of hydrogen-bond donors (Lipinski definition) is 3. The number of aromatic nitrogens is 2. The highest BCUT2D eigenvalue weighted by molar-refractivity contribution is 7.89. The van der Waals surface area contributed by atoms with Crippen LogP contribution in [0, 0.1) is 5.92 Å². The van der Waals surface area contributed by atoms with Gasteiger partial charge in [0.15, 0.2) is 5.03 Å². The molecule has 1 heterocycles. The van der Waals surface area contributed by atoms with Crippen LogP contribution in [-0.4, -0.2) is 37.4 Å². The van der Waals surface area contributed by atoms with Gasteiger partial charge in [0.05, 0.1) is 12.7 Å². The van der Waals surface area contributed by atoms with E-state index >= 15 is 0 Å². The Labute approximate surface area is 113 Å². The van der Waals surface area contributed by atoms with Crippen molar-refractivity contribution in [3.8, 4) is 0 Å². The molecule has 0 unspecified atom stereocenters. The molecule has 1 rings (SSSR count). The second kappa shape index (κ2) is 6.67. The number of rotatable bonds is 7. The summed E-state index contributed by atoms with van der Waals surface area (Å²) in [6.07, 6.45) is 1.86. The second-order valence-electron chi connectivity index (χ2n) is 4.57. The number of H-pyrrole nitrogens is 1. The molecule has 0 aliphatic rings. The zero-order valence-electron chi connectivity index (χ0n) is 11.4. The minimum atomic E-state index is -3.71. The zero-order valence-corrected chi connectivity index (χ0v) is 12.2. The van der Waals surface area contributed by atoms with Crippen LogP contribution in [0.15, 0.2) is 11.2 Å². The van der Waals surface area contributed by atoms with E-state index < -0.39 is 10.0 Å². The van der Waals surface area contributed by atoms with Crippen molar-refractivity contribution in [2.75, 3.05) is 13.1 Å². The van der Waals surface area contributed by atoms with E-state index in [-0.39, 0.29) is 17.5 Å². The molecule has 0 atom stereocenters. The Morgan fingerprint density at radius 3 is 2.68 bits per heavy atom. The van der Waals surface area contributed by atoms with E-state index in [4.69, 9.17) is 0 Å². The van der Waals surface area contributed by atoms with Gasteiger partial charge in [0, 0.05) is 13.0 Å². The highest BCUT2D eigenvalue weighted by Gasteiger charge is 2.17. The molecule has 0 saturated carbocycles. The van der Waals surface area contributed by atoms with Crippen LogP contribution in [0.1, 0.15) is 26.6 Å². The molecule has 0 bridgehead atoms. The van der Waals surface area contributed by atoms with Crippen LogP contribution < -0.4 is 10.0 Å². The fourth-order valence-electron chi connectivity index (χ4n) is 1.28. The number of sulfonamides is 1. The summed E-state index contributed by atoms with van der Waals surface area (Å²) in [6.45, 7) is 6.02. The normalized spacial score (nSPS) is 11.8. The molecule has 0 fully saturated rings. The van der Waals surface area contributed by atoms with Crippen molar-refractivity contribution in [1.29, 1.82) is 0 Å². The minimum Gasteiger partial charge on any atom is -0.355 e.